The van der Waals surface area contributed by atoms with Gasteiger partial charge in [-0.3, -0.25) is 9.69 Å². The van der Waals surface area contributed by atoms with Crippen LogP contribution in [0.4, 0.5) is 5.69 Å². The van der Waals surface area contributed by atoms with Crippen LogP contribution in [0.1, 0.15) is 29.1 Å². The quantitative estimate of drug-likeness (QED) is 0.598. The van der Waals surface area contributed by atoms with Gasteiger partial charge >= 0.3 is 0 Å². The van der Waals surface area contributed by atoms with E-state index in [1.165, 1.54) is 4.88 Å². The third-order valence-electron chi connectivity index (χ3n) is 5.95. The molecule has 2 aliphatic rings. The number of hydrogen-bond donors (Lipinski definition) is 0. The van der Waals surface area contributed by atoms with E-state index in [9.17, 15) is 4.79 Å². The number of aryl methyl sites for hydroxylation is 2. The second-order valence-electron chi connectivity index (χ2n) is 8.04. The number of ether oxygens (including phenoxy) is 2. The molecule has 31 heavy (non-hydrogen) atoms. The normalized spacial score (nSPS) is 17.6. The molecule has 0 unspecified atom stereocenters. The second kappa shape index (κ2) is 8.53. The first-order valence-electron chi connectivity index (χ1n) is 10.7. The third-order valence-corrected chi connectivity index (χ3v) is 7.05. The van der Waals surface area contributed by atoms with Crippen LogP contribution in [0, 0.1) is 13.8 Å². The largest absolute Gasteiger partial charge is 0.438 e. The van der Waals surface area contributed by atoms with E-state index in [2.05, 4.69) is 18.7 Å². The molecule has 2 aliphatic heterocycles. The molecular formula is C23H26N4O3S. The minimum Gasteiger partial charge on any atom is -0.438 e. The average molecular weight is 439 g/mol. The number of fused-ring (bicyclic) bond motifs is 1. The van der Waals surface area contributed by atoms with Crippen LogP contribution in [0.5, 0.6) is 11.6 Å². The lowest BCUT2D eigenvalue weighted by molar-refractivity contribution is -0.117. The molecule has 2 saturated heterocycles. The molecule has 2 aromatic heterocycles. The lowest BCUT2D eigenvalue weighted by atomic mass is 10.2. The van der Waals surface area contributed by atoms with Gasteiger partial charge in [0.1, 0.15) is 16.4 Å². The number of amides is 1. The van der Waals surface area contributed by atoms with Gasteiger partial charge in [0.25, 0.3) is 0 Å². The van der Waals surface area contributed by atoms with Crippen molar-refractivity contribution >= 4 is 33.1 Å². The summed E-state index contributed by atoms with van der Waals surface area (Å²) in [6.07, 6.45) is 1.54. The van der Waals surface area contributed by atoms with Crippen LogP contribution >= 0.6 is 11.3 Å². The lowest BCUT2D eigenvalue weighted by Gasteiger charge is -2.25. The molecule has 0 aliphatic carbocycles. The number of hydrogen-bond acceptors (Lipinski definition) is 7. The molecule has 0 radical (unpaired) electrons. The molecule has 0 saturated carbocycles. The Morgan fingerprint density at radius 1 is 1.10 bits per heavy atom. The van der Waals surface area contributed by atoms with E-state index in [1.807, 2.05) is 29.2 Å². The number of anilines is 1. The molecule has 2 fully saturated rings. The SMILES string of the molecule is Cc1sc2nc(CN3CCOCC3)nc(Oc3ccc(N4CCCC4=O)cc3)c2c1C. The zero-order valence-electron chi connectivity index (χ0n) is 17.9. The Morgan fingerprint density at radius 3 is 2.58 bits per heavy atom. The number of carbonyl (C=O) groups is 1. The maximum absolute atomic E-state index is 12.0. The van der Waals surface area contributed by atoms with Gasteiger partial charge in [-0.15, -0.1) is 11.3 Å². The number of carbonyl (C=O) groups excluding carboxylic acids is 1. The van der Waals surface area contributed by atoms with Crippen molar-refractivity contribution in [2.24, 2.45) is 0 Å². The topological polar surface area (TPSA) is 67.8 Å². The van der Waals surface area contributed by atoms with Crippen molar-refractivity contribution in [3.63, 3.8) is 0 Å². The number of morpholine rings is 1. The van der Waals surface area contributed by atoms with Crippen molar-refractivity contribution in [1.82, 2.24) is 14.9 Å². The predicted octanol–water partition coefficient (Wildman–Crippen LogP) is 4.06. The van der Waals surface area contributed by atoms with Gasteiger partial charge in [-0.25, -0.2) is 4.98 Å². The summed E-state index contributed by atoms with van der Waals surface area (Å²) in [6, 6.07) is 7.70. The van der Waals surface area contributed by atoms with E-state index in [0.717, 1.165) is 66.6 Å². The minimum absolute atomic E-state index is 0.184. The monoisotopic (exact) mass is 438 g/mol. The molecule has 1 aromatic carbocycles. The van der Waals surface area contributed by atoms with E-state index in [4.69, 9.17) is 19.4 Å². The maximum atomic E-state index is 12.0. The van der Waals surface area contributed by atoms with Gasteiger partial charge in [-0.05, 0) is 50.1 Å². The van der Waals surface area contributed by atoms with Crippen LogP contribution in [0.15, 0.2) is 24.3 Å². The number of benzene rings is 1. The number of rotatable bonds is 5. The van der Waals surface area contributed by atoms with Crippen molar-refractivity contribution in [1.29, 1.82) is 0 Å². The summed E-state index contributed by atoms with van der Waals surface area (Å²) in [5.41, 5.74) is 2.07. The molecule has 0 spiro atoms. The average Bonchev–Trinajstić information content (AvgIpc) is 3.32. The summed E-state index contributed by atoms with van der Waals surface area (Å²) < 4.78 is 11.7. The van der Waals surface area contributed by atoms with E-state index in [-0.39, 0.29) is 5.91 Å². The van der Waals surface area contributed by atoms with Crippen LogP contribution in [0.25, 0.3) is 10.2 Å². The fraction of sp³-hybridized carbons (Fsp3) is 0.435. The first-order valence-corrected chi connectivity index (χ1v) is 11.5. The highest BCUT2D eigenvalue weighted by Crippen LogP contribution is 2.37. The molecule has 0 N–H and O–H groups in total. The smallest absolute Gasteiger partial charge is 0.231 e. The fourth-order valence-electron chi connectivity index (χ4n) is 4.09. The first kappa shape index (κ1) is 20.4. The molecule has 5 rings (SSSR count). The highest BCUT2D eigenvalue weighted by atomic mass is 32.1. The highest BCUT2D eigenvalue weighted by molar-refractivity contribution is 7.18. The van der Waals surface area contributed by atoms with E-state index in [1.54, 1.807) is 11.3 Å². The Hall–Kier alpha value is -2.55. The molecule has 0 atom stereocenters. The Labute approximate surface area is 185 Å². The second-order valence-corrected chi connectivity index (χ2v) is 9.24. The summed E-state index contributed by atoms with van der Waals surface area (Å²) in [7, 11) is 0. The molecular weight excluding hydrogens is 412 g/mol. The summed E-state index contributed by atoms with van der Waals surface area (Å²) in [5, 5.41) is 0.979. The zero-order chi connectivity index (χ0) is 21.4. The Morgan fingerprint density at radius 2 is 1.87 bits per heavy atom. The van der Waals surface area contributed by atoms with E-state index in [0.29, 0.717) is 24.6 Å². The van der Waals surface area contributed by atoms with Crippen LogP contribution in [-0.2, 0) is 16.1 Å². The zero-order valence-corrected chi connectivity index (χ0v) is 18.7. The van der Waals surface area contributed by atoms with Crippen molar-refractivity contribution < 1.29 is 14.3 Å². The maximum Gasteiger partial charge on any atom is 0.231 e. The number of aromatic nitrogens is 2. The van der Waals surface area contributed by atoms with Gasteiger partial charge in [0, 0.05) is 36.6 Å². The summed E-state index contributed by atoms with van der Waals surface area (Å²) in [4.78, 5) is 28.0. The van der Waals surface area contributed by atoms with E-state index >= 15 is 0 Å². The molecule has 4 heterocycles. The molecule has 162 valence electrons. The van der Waals surface area contributed by atoms with Crippen LogP contribution in [-0.4, -0.2) is 53.6 Å². The van der Waals surface area contributed by atoms with Crippen molar-refractivity contribution in [2.45, 2.75) is 33.2 Å². The molecule has 7 nitrogen and oxygen atoms in total. The van der Waals surface area contributed by atoms with Crippen molar-refractivity contribution in [3.05, 3.63) is 40.5 Å². The van der Waals surface area contributed by atoms with Crippen molar-refractivity contribution in [2.75, 3.05) is 37.7 Å². The lowest BCUT2D eigenvalue weighted by Crippen LogP contribution is -2.36. The predicted molar refractivity (Wildman–Crippen MR) is 121 cm³/mol. The Balaban J connectivity index is 1.44. The summed E-state index contributed by atoms with van der Waals surface area (Å²) in [5.74, 6) is 2.25. The molecule has 1 amide bonds. The highest BCUT2D eigenvalue weighted by Gasteiger charge is 2.22. The minimum atomic E-state index is 0.184. The summed E-state index contributed by atoms with van der Waals surface area (Å²) in [6.45, 7) is 8.92. The van der Waals surface area contributed by atoms with Gasteiger partial charge in [-0.2, -0.15) is 4.98 Å². The summed E-state index contributed by atoms with van der Waals surface area (Å²) >= 11 is 1.68. The van der Waals surface area contributed by atoms with Gasteiger partial charge in [0.05, 0.1) is 25.1 Å². The third kappa shape index (κ3) is 4.15. The van der Waals surface area contributed by atoms with Gasteiger partial charge in [0.2, 0.25) is 11.8 Å². The molecule has 0 bridgehead atoms. The van der Waals surface area contributed by atoms with E-state index < -0.39 is 0 Å². The number of thiophene rings is 1. The Bertz CT molecular complexity index is 1110. The Kier molecular flexibility index (Phi) is 5.60. The van der Waals surface area contributed by atoms with Crippen molar-refractivity contribution in [3.8, 4) is 11.6 Å². The van der Waals surface area contributed by atoms with Crippen LogP contribution < -0.4 is 9.64 Å². The first-order chi connectivity index (χ1) is 15.1. The van der Waals surface area contributed by atoms with Gasteiger partial charge in [-0.1, -0.05) is 0 Å². The van der Waals surface area contributed by atoms with Gasteiger partial charge in [0.15, 0.2) is 0 Å². The standard InChI is InChI=1S/C23H26N4O3S/c1-15-16(2)31-23-21(15)22(24-19(25-23)14-26-10-12-29-13-11-26)30-18-7-5-17(6-8-18)27-9-3-4-20(27)28/h5-8H,3-4,9-14H2,1-2H3. The number of nitrogens with zero attached hydrogens (tertiary/aromatic N) is 4. The fourth-order valence-corrected chi connectivity index (χ4v) is 5.12. The van der Waals surface area contributed by atoms with Crippen LogP contribution in [0.3, 0.4) is 0 Å². The molecule has 3 aromatic rings. The molecule has 8 heteroatoms. The van der Waals surface area contributed by atoms with Crippen LogP contribution in [0.2, 0.25) is 0 Å². The van der Waals surface area contributed by atoms with Gasteiger partial charge < -0.3 is 14.4 Å².